The lowest BCUT2D eigenvalue weighted by atomic mass is 10.1. The van der Waals surface area contributed by atoms with Crippen molar-refractivity contribution in [1.29, 1.82) is 0 Å². The molecule has 6 heteroatoms. The van der Waals surface area contributed by atoms with Gasteiger partial charge in [-0.3, -0.25) is 9.69 Å². The minimum Gasteiger partial charge on any atom is -0.478 e. The van der Waals surface area contributed by atoms with Gasteiger partial charge < -0.3 is 14.8 Å². The molecule has 1 aromatic heterocycles. The van der Waals surface area contributed by atoms with E-state index in [9.17, 15) is 9.59 Å². The summed E-state index contributed by atoms with van der Waals surface area (Å²) in [7, 11) is 3.40. The van der Waals surface area contributed by atoms with Crippen LogP contribution >= 0.6 is 0 Å². The van der Waals surface area contributed by atoms with Crippen LogP contribution in [0.25, 0.3) is 0 Å². The Morgan fingerprint density at radius 1 is 1.56 bits per heavy atom. The number of amides is 1. The van der Waals surface area contributed by atoms with Crippen molar-refractivity contribution in [1.82, 2.24) is 10.2 Å². The van der Waals surface area contributed by atoms with E-state index >= 15 is 0 Å². The lowest BCUT2D eigenvalue weighted by Crippen LogP contribution is -2.34. The SMILES string of the molecule is CNC(=O)C(C)CN(C)Cc1occc1C(=O)O. The van der Waals surface area contributed by atoms with Crippen molar-refractivity contribution < 1.29 is 19.1 Å². The molecule has 1 unspecified atom stereocenters. The lowest BCUT2D eigenvalue weighted by molar-refractivity contribution is -0.124. The first-order valence-corrected chi connectivity index (χ1v) is 5.65. The highest BCUT2D eigenvalue weighted by atomic mass is 16.4. The Balaban J connectivity index is 2.59. The van der Waals surface area contributed by atoms with Gasteiger partial charge in [0.15, 0.2) is 0 Å². The number of nitrogens with zero attached hydrogens (tertiary/aromatic N) is 1. The molecule has 0 radical (unpaired) electrons. The number of carboxylic acids is 1. The third-order valence-corrected chi connectivity index (χ3v) is 2.67. The van der Waals surface area contributed by atoms with Gasteiger partial charge in [-0.2, -0.15) is 0 Å². The Hall–Kier alpha value is -1.82. The van der Waals surface area contributed by atoms with Crippen LogP contribution in [0.2, 0.25) is 0 Å². The molecule has 0 spiro atoms. The van der Waals surface area contributed by atoms with Crippen LogP contribution in [-0.4, -0.2) is 42.5 Å². The summed E-state index contributed by atoms with van der Waals surface area (Å²) in [5, 5.41) is 11.5. The lowest BCUT2D eigenvalue weighted by Gasteiger charge is -2.19. The van der Waals surface area contributed by atoms with E-state index in [0.29, 0.717) is 18.8 Å². The second-order valence-corrected chi connectivity index (χ2v) is 4.27. The van der Waals surface area contributed by atoms with Gasteiger partial charge in [-0.15, -0.1) is 0 Å². The van der Waals surface area contributed by atoms with Crippen molar-refractivity contribution in [2.24, 2.45) is 5.92 Å². The van der Waals surface area contributed by atoms with Crippen LogP contribution in [-0.2, 0) is 11.3 Å². The van der Waals surface area contributed by atoms with Gasteiger partial charge in [0.05, 0.1) is 12.8 Å². The molecule has 1 heterocycles. The van der Waals surface area contributed by atoms with Crippen LogP contribution in [0.5, 0.6) is 0 Å². The summed E-state index contributed by atoms with van der Waals surface area (Å²) in [6, 6.07) is 1.42. The van der Waals surface area contributed by atoms with Crippen LogP contribution in [0.4, 0.5) is 0 Å². The highest BCUT2D eigenvalue weighted by molar-refractivity contribution is 5.88. The molecule has 0 aliphatic heterocycles. The van der Waals surface area contributed by atoms with Gasteiger partial charge in [0.1, 0.15) is 11.3 Å². The van der Waals surface area contributed by atoms with Crippen molar-refractivity contribution in [2.45, 2.75) is 13.5 Å². The molecule has 1 aromatic rings. The van der Waals surface area contributed by atoms with Crippen LogP contribution in [0.3, 0.4) is 0 Å². The number of nitrogens with one attached hydrogen (secondary N) is 1. The second-order valence-electron chi connectivity index (χ2n) is 4.27. The zero-order valence-corrected chi connectivity index (χ0v) is 10.8. The summed E-state index contributed by atoms with van der Waals surface area (Å²) < 4.78 is 5.14. The Bertz CT molecular complexity index is 427. The summed E-state index contributed by atoms with van der Waals surface area (Å²) in [6.07, 6.45) is 1.36. The van der Waals surface area contributed by atoms with E-state index < -0.39 is 5.97 Å². The fourth-order valence-electron chi connectivity index (χ4n) is 1.76. The quantitative estimate of drug-likeness (QED) is 0.784. The number of carboxylic acid groups (broad SMARTS) is 1. The molecule has 18 heavy (non-hydrogen) atoms. The fraction of sp³-hybridized carbons (Fsp3) is 0.500. The predicted octanol–water partition coefficient (Wildman–Crippen LogP) is 0.792. The van der Waals surface area contributed by atoms with E-state index in [1.165, 1.54) is 12.3 Å². The third-order valence-electron chi connectivity index (χ3n) is 2.67. The van der Waals surface area contributed by atoms with E-state index in [1.807, 2.05) is 18.9 Å². The largest absolute Gasteiger partial charge is 0.478 e. The van der Waals surface area contributed by atoms with Crippen LogP contribution in [0.15, 0.2) is 16.7 Å². The Labute approximate surface area is 106 Å². The van der Waals surface area contributed by atoms with Gasteiger partial charge in [-0.25, -0.2) is 4.79 Å². The van der Waals surface area contributed by atoms with Gasteiger partial charge in [0.25, 0.3) is 0 Å². The minimum absolute atomic E-state index is 0.0419. The molecule has 1 amide bonds. The predicted molar refractivity (Wildman–Crippen MR) is 65.2 cm³/mol. The number of carbonyl (C=O) groups excluding carboxylic acids is 1. The van der Waals surface area contributed by atoms with Gasteiger partial charge in [-0.05, 0) is 13.1 Å². The van der Waals surface area contributed by atoms with Gasteiger partial charge in [0.2, 0.25) is 5.91 Å². The third kappa shape index (κ3) is 3.59. The van der Waals surface area contributed by atoms with Gasteiger partial charge >= 0.3 is 5.97 Å². The summed E-state index contributed by atoms with van der Waals surface area (Å²) in [5.74, 6) is -0.816. The van der Waals surface area contributed by atoms with E-state index in [-0.39, 0.29) is 17.4 Å². The van der Waals surface area contributed by atoms with Crippen LogP contribution in [0, 0.1) is 5.92 Å². The monoisotopic (exact) mass is 254 g/mol. The molecule has 2 N–H and O–H groups in total. The molecule has 0 aliphatic carbocycles. The molecule has 0 bridgehead atoms. The normalized spacial score (nSPS) is 12.4. The number of hydrogen-bond donors (Lipinski definition) is 2. The first-order valence-electron chi connectivity index (χ1n) is 5.65. The first-order chi connectivity index (χ1) is 8.45. The van der Waals surface area contributed by atoms with E-state index in [4.69, 9.17) is 9.52 Å². The molecular weight excluding hydrogens is 236 g/mol. The van der Waals surface area contributed by atoms with Gasteiger partial charge in [0, 0.05) is 19.5 Å². The summed E-state index contributed by atoms with van der Waals surface area (Å²) in [4.78, 5) is 24.1. The molecule has 0 fully saturated rings. The van der Waals surface area contributed by atoms with Gasteiger partial charge in [-0.1, -0.05) is 6.92 Å². The number of carbonyl (C=O) groups is 2. The Morgan fingerprint density at radius 2 is 2.22 bits per heavy atom. The van der Waals surface area contributed by atoms with Crippen molar-refractivity contribution in [3.8, 4) is 0 Å². The van der Waals surface area contributed by atoms with Crippen LogP contribution in [0.1, 0.15) is 23.0 Å². The zero-order valence-electron chi connectivity index (χ0n) is 10.8. The maximum atomic E-state index is 11.4. The van der Waals surface area contributed by atoms with Crippen molar-refractivity contribution >= 4 is 11.9 Å². The van der Waals surface area contributed by atoms with E-state index in [1.54, 1.807) is 7.05 Å². The smallest absolute Gasteiger partial charge is 0.339 e. The molecular formula is C12H18N2O4. The number of rotatable bonds is 6. The van der Waals surface area contributed by atoms with E-state index in [2.05, 4.69) is 5.32 Å². The van der Waals surface area contributed by atoms with Crippen molar-refractivity contribution in [3.63, 3.8) is 0 Å². The summed E-state index contributed by atoms with van der Waals surface area (Å²) in [6.45, 7) is 2.70. The topological polar surface area (TPSA) is 82.8 Å². The fourth-order valence-corrected chi connectivity index (χ4v) is 1.76. The molecule has 0 aromatic carbocycles. The Morgan fingerprint density at radius 3 is 2.78 bits per heavy atom. The van der Waals surface area contributed by atoms with E-state index in [0.717, 1.165) is 0 Å². The average molecular weight is 254 g/mol. The molecule has 1 atom stereocenters. The molecule has 0 saturated heterocycles. The second kappa shape index (κ2) is 6.20. The highest BCUT2D eigenvalue weighted by Gasteiger charge is 2.18. The maximum Gasteiger partial charge on any atom is 0.339 e. The number of aromatic carboxylic acids is 1. The molecule has 100 valence electrons. The molecule has 0 aliphatic rings. The molecule has 1 rings (SSSR count). The Kier molecular flexibility index (Phi) is 4.91. The minimum atomic E-state index is -1.01. The average Bonchev–Trinajstić information content (AvgIpc) is 2.75. The number of hydrogen-bond acceptors (Lipinski definition) is 4. The van der Waals surface area contributed by atoms with Crippen LogP contribution < -0.4 is 5.32 Å². The molecule has 0 saturated carbocycles. The summed E-state index contributed by atoms with van der Waals surface area (Å²) >= 11 is 0. The summed E-state index contributed by atoms with van der Waals surface area (Å²) in [5.41, 5.74) is 0.162. The van der Waals surface area contributed by atoms with Crippen molar-refractivity contribution in [2.75, 3.05) is 20.6 Å². The zero-order chi connectivity index (χ0) is 13.7. The standard InChI is InChI=1S/C12H18N2O4/c1-8(11(15)13-2)6-14(3)7-10-9(12(16)17)4-5-18-10/h4-5,8H,6-7H2,1-3H3,(H,13,15)(H,16,17). The van der Waals surface area contributed by atoms with Crippen molar-refractivity contribution in [3.05, 3.63) is 23.7 Å². The highest BCUT2D eigenvalue weighted by Crippen LogP contribution is 2.13. The first kappa shape index (κ1) is 14.2. The maximum absolute atomic E-state index is 11.4. The molecule has 6 nitrogen and oxygen atoms in total. The number of furan rings is 1.